The van der Waals surface area contributed by atoms with Gasteiger partial charge in [-0.05, 0) is 60.3 Å². The van der Waals surface area contributed by atoms with E-state index in [1.165, 1.54) is 23.1 Å². The number of carbonyl (C=O) groups is 2. The molecule has 2 amide bonds. The summed E-state index contributed by atoms with van der Waals surface area (Å²) in [6.07, 6.45) is 2.54. The first-order valence-electron chi connectivity index (χ1n) is 9.37. The maximum absolute atomic E-state index is 13.0. The number of ether oxygens (including phenoxy) is 1. The number of aromatic nitrogens is 1. The average Bonchev–Trinajstić information content (AvgIpc) is 2.79. The topological polar surface area (TPSA) is 115 Å². The third-order valence-electron chi connectivity index (χ3n) is 4.53. The van der Waals surface area contributed by atoms with Gasteiger partial charge in [0.25, 0.3) is 17.5 Å². The zero-order valence-corrected chi connectivity index (χ0v) is 18.2. The van der Waals surface area contributed by atoms with Gasteiger partial charge >= 0.3 is 0 Å². The highest BCUT2D eigenvalue weighted by Gasteiger charge is 2.34. The van der Waals surface area contributed by atoms with Gasteiger partial charge < -0.3 is 4.74 Å². The summed E-state index contributed by atoms with van der Waals surface area (Å²) in [7, 11) is 0. The molecule has 0 atom stereocenters. The maximum atomic E-state index is 13.0. The lowest BCUT2D eigenvalue weighted by Crippen LogP contribution is -2.54. The highest BCUT2D eigenvalue weighted by Crippen LogP contribution is 2.25. The number of anilines is 1. The van der Waals surface area contributed by atoms with E-state index >= 15 is 0 Å². The average molecular weight is 481 g/mol. The molecule has 2 aromatic carbocycles. The van der Waals surface area contributed by atoms with E-state index in [9.17, 15) is 19.7 Å². The molecule has 1 fully saturated rings. The van der Waals surface area contributed by atoms with Crippen molar-refractivity contribution in [2.75, 3.05) is 4.90 Å². The van der Waals surface area contributed by atoms with E-state index in [0.717, 1.165) is 6.20 Å². The molecule has 3 aromatic rings. The fourth-order valence-corrected chi connectivity index (χ4v) is 3.35. The van der Waals surface area contributed by atoms with Gasteiger partial charge in [-0.3, -0.25) is 29.9 Å². The van der Waals surface area contributed by atoms with Crippen LogP contribution in [-0.4, -0.2) is 26.8 Å². The Hall–Kier alpha value is -4.15. The Bertz CT molecular complexity index is 1290. The normalized spacial score (nSPS) is 14.9. The molecule has 164 valence electrons. The van der Waals surface area contributed by atoms with E-state index < -0.39 is 16.7 Å². The number of hydrogen-bond acceptors (Lipinski definition) is 7. The Labute approximate surface area is 197 Å². The summed E-state index contributed by atoms with van der Waals surface area (Å²) in [5.41, 5.74) is 0.803. The van der Waals surface area contributed by atoms with Crippen LogP contribution in [0.25, 0.3) is 6.08 Å². The van der Waals surface area contributed by atoms with Crippen LogP contribution in [0.15, 0.2) is 72.4 Å². The number of pyridine rings is 1. The standard InChI is InChI=1S/C22H13ClN4O5S/c23-14-3-5-15(6-4-14)26-21(29)18(20(28)25-22(26)33)11-13-1-8-17(9-2-13)32-19-10-7-16(12-24-19)27(30)31/h1-12H,(H,25,28,33)/b18-11+. The molecule has 0 saturated carbocycles. The first-order chi connectivity index (χ1) is 15.8. The molecule has 1 aromatic heterocycles. The fourth-order valence-electron chi connectivity index (χ4n) is 2.94. The molecule has 11 heteroatoms. The molecule has 33 heavy (non-hydrogen) atoms. The summed E-state index contributed by atoms with van der Waals surface area (Å²) in [4.78, 5) is 40.7. The molecule has 0 unspecified atom stereocenters. The number of carbonyl (C=O) groups excluding carboxylic acids is 2. The third kappa shape index (κ3) is 4.86. The molecule has 1 aliphatic rings. The van der Waals surface area contributed by atoms with Crippen molar-refractivity contribution in [2.24, 2.45) is 0 Å². The van der Waals surface area contributed by atoms with E-state index in [1.54, 1.807) is 48.5 Å². The second-order valence-electron chi connectivity index (χ2n) is 6.72. The lowest BCUT2D eigenvalue weighted by Gasteiger charge is -2.28. The number of amides is 2. The summed E-state index contributed by atoms with van der Waals surface area (Å²) in [5, 5.41) is 13.7. The van der Waals surface area contributed by atoms with Crippen molar-refractivity contribution in [1.29, 1.82) is 0 Å². The lowest BCUT2D eigenvalue weighted by molar-refractivity contribution is -0.385. The second-order valence-corrected chi connectivity index (χ2v) is 7.54. The van der Waals surface area contributed by atoms with Crippen LogP contribution < -0.4 is 15.0 Å². The number of nitrogens with zero attached hydrogens (tertiary/aromatic N) is 3. The molecular weight excluding hydrogens is 468 g/mol. The first kappa shape index (κ1) is 22.1. The Morgan fingerprint density at radius 3 is 2.36 bits per heavy atom. The molecule has 1 aliphatic heterocycles. The number of halogens is 1. The van der Waals surface area contributed by atoms with Crippen LogP contribution in [-0.2, 0) is 9.59 Å². The predicted octanol–water partition coefficient (Wildman–Crippen LogP) is 4.27. The highest BCUT2D eigenvalue weighted by molar-refractivity contribution is 7.80. The number of thiocarbonyl (C=S) groups is 1. The van der Waals surface area contributed by atoms with Crippen molar-refractivity contribution in [2.45, 2.75) is 0 Å². The zero-order valence-electron chi connectivity index (χ0n) is 16.6. The van der Waals surface area contributed by atoms with Gasteiger partial charge in [-0.1, -0.05) is 23.7 Å². The number of benzene rings is 2. The maximum Gasteiger partial charge on any atom is 0.287 e. The second kappa shape index (κ2) is 9.15. The predicted molar refractivity (Wildman–Crippen MR) is 125 cm³/mol. The fraction of sp³-hybridized carbons (Fsp3) is 0. The quantitative estimate of drug-likeness (QED) is 0.191. The summed E-state index contributed by atoms with van der Waals surface area (Å²) in [6, 6.07) is 15.7. The molecule has 0 bridgehead atoms. The minimum absolute atomic E-state index is 0.0242. The Kier molecular flexibility index (Phi) is 6.11. The molecular formula is C22H13ClN4O5S. The van der Waals surface area contributed by atoms with Gasteiger partial charge in [-0.2, -0.15) is 0 Å². The summed E-state index contributed by atoms with van der Waals surface area (Å²) >= 11 is 11.1. The van der Waals surface area contributed by atoms with Gasteiger partial charge in [-0.15, -0.1) is 0 Å². The van der Waals surface area contributed by atoms with Gasteiger partial charge in [0, 0.05) is 17.2 Å². The van der Waals surface area contributed by atoms with Crippen LogP contribution in [0.1, 0.15) is 5.56 Å². The Morgan fingerprint density at radius 2 is 1.76 bits per heavy atom. The largest absolute Gasteiger partial charge is 0.439 e. The van der Waals surface area contributed by atoms with Crippen LogP contribution in [0, 0.1) is 10.1 Å². The van der Waals surface area contributed by atoms with Gasteiger partial charge in [-0.25, -0.2) is 4.98 Å². The first-order valence-corrected chi connectivity index (χ1v) is 10.2. The van der Waals surface area contributed by atoms with Crippen LogP contribution in [0.5, 0.6) is 11.6 Å². The van der Waals surface area contributed by atoms with Crippen molar-refractivity contribution >= 4 is 58.2 Å². The van der Waals surface area contributed by atoms with Gasteiger partial charge in [0.1, 0.15) is 17.5 Å². The molecule has 2 heterocycles. The Morgan fingerprint density at radius 1 is 1.06 bits per heavy atom. The zero-order chi connectivity index (χ0) is 23.5. The molecule has 9 nitrogen and oxygen atoms in total. The molecule has 0 radical (unpaired) electrons. The summed E-state index contributed by atoms with van der Waals surface area (Å²) in [6.45, 7) is 0. The van der Waals surface area contributed by atoms with Crippen molar-refractivity contribution in [3.63, 3.8) is 0 Å². The van der Waals surface area contributed by atoms with Gasteiger partial charge in [0.2, 0.25) is 5.88 Å². The highest BCUT2D eigenvalue weighted by atomic mass is 35.5. The molecule has 0 aliphatic carbocycles. The monoisotopic (exact) mass is 480 g/mol. The molecule has 0 spiro atoms. The van der Waals surface area contributed by atoms with E-state index in [4.69, 9.17) is 28.6 Å². The van der Waals surface area contributed by atoms with Crippen LogP contribution in [0.2, 0.25) is 5.02 Å². The van der Waals surface area contributed by atoms with E-state index in [-0.39, 0.29) is 22.3 Å². The number of nitrogens with one attached hydrogen (secondary N) is 1. The molecule has 1 saturated heterocycles. The van der Waals surface area contributed by atoms with E-state index in [1.807, 2.05) is 0 Å². The van der Waals surface area contributed by atoms with Crippen LogP contribution in [0.3, 0.4) is 0 Å². The van der Waals surface area contributed by atoms with Crippen LogP contribution in [0.4, 0.5) is 11.4 Å². The minimum Gasteiger partial charge on any atom is -0.439 e. The molecule has 4 rings (SSSR count). The lowest BCUT2D eigenvalue weighted by atomic mass is 10.1. The SMILES string of the molecule is O=C1NC(=S)N(c2ccc(Cl)cc2)C(=O)/C1=C/c1ccc(Oc2ccc([N+](=O)[O-])cn2)cc1. The number of hydrogen-bond donors (Lipinski definition) is 1. The van der Waals surface area contributed by atoms with Crippen molar-refractivity contribution in [3.8, 4) is 11.6 Å². The Balaban J connectivity index is 1.54. The van der Waals surface area contributed by atoms with Gasteiger partial charge in [0.15, 0.2) is 5.11 Å². The number of nitro groups is 1. The van der Waals surface area contributed by atoms with E-state index in [2.05, 4.69) is 10.3 Å². The van der Waals surface area contributed by atoms with Crippen molar-refractivity contribution < 1.29 is 19.2 Å². The van der Waals surface area contributed by atoms with Crippen molar-refractivity contribution in [3.05, 3.63) is 93.1 Å². The summed E-state index contributed by atoms with van der Waals surface area (Å²) in [5.74, 6) is -0.574. The number of rotatable bonds is 5. The van der Waals surface area contributed by atoms with Crippen LogP contribution >= 0.6 is 23.8 Å². The smallest absolute Gasteiger partial charge is 0.287 e. The third-order valence-corrected chi connectivity index (χ3v) is 5.07. The summed E-state index contributed by atoms with van der Waals surface area (Å²) < 4.78 is 5.56. The molecule has 1 N–H and O–H groups in total. The van der Waals surface area contributed by atoms with E-state index in [0.29, 0.717) is 22.0 Å². The van der Waals surface area contributed by atoms with Gasteiger partial charge in [0.05, 0.1) is 10.6 Å². The van der Waals surface area contributed by atoms with Crippen molar-refractivity contribution in [1.82, 2.24) is 10.3 Å². The minimum atomic E-state index is -0.606.